The van der Waals surface area contributed by atoms with Crippen molar-refractivity contribution in [3.8, 4) is 0 Å². The highest BCUT2D eigenvalue weighted by atomic mass is 19.0. The Labute approximate surface area is 80.0 Å². The monoisotopic (exact) mass is 183 g/mol. The summed E-state index contributed by atoms with van der Waals surface area (Å²) >= 11 is 0. The molecule has 74 valence electrons. The van der Waals surface area contributed by atoms with E-state index in [1.165, 1.54) is 16.8 Å². The van der Waals surface area contributed by atoms with Crippen LogP contribution < -0.4 is 9.19 Å². The van der Waals surface area contributed by atoms with Gasteiger partial charge in [0.15, 0.2) is 0 Å². The Morgan fingerprint density at radius 2 is 1.54 bits per heavy atom. The third kappa shape index (κ3) is 2.81. The van der Waals surface area contributed by atoms with Gasteiger partial charge in [0, 0.05) is 5.56 Å². The topological polar surface area (TPSA) is 0 Å². The summed E-state index contributed by atoms with van der Waals surface area (Å²) < 4.78 is 0.895. The minimum absolute atomic E-state index is 0. The molecule has 1 aromatic rings. The van der Waals surface area contributed by atoms with Crippen LogP contribution in [0.5, 0.6) is 0 Å². The van der Waals surface area contributed by atoms with E-state index in [1.54, 1.807) is 0 Å². The third-order valence-corrected chi connectivity index (χ3v) is 2.08. The molecule has 0 aromatic heterocycles. The van der Waals surface area contributed by atoms with E-state index >= 15 is 0 Å². The van der Waals surface area contributed by atoms with Gasteiger partial charge in [0.25, 0.3) is 0 Å². The van der Waals surface area contributed by atoms with Gasteiger partial charge in [-0.3, -0.25) is 4.48 Å². The first-order valence-electron chi connectivity index (χ1n) is 4.30. The maximum atomic E-state index is 2.23. The van der Waals surface area contributed by atoms with Crippen LogP contribution in [0.2, 0.25) is 0 Å². The first kappa shape index (κ1) is 12.1. The molecule has 0 fully saturated rings. The zero-order valence-electron chi connectivity index (χ0n) is 9.06. The van der Waals surface area contributed by atoms with E-state index in [9.17, 15) is 0 Å². The number of nitrogens with zero attached hydrogens (tertiary/aromatic N) is 1. The van der Waals surface area contributed by atoms with Crippen molar-refractivity contribution < 1.29 is 4.70 Å². The van der Waals surface area contributed by atoms with Crippen molar-refractivity contribution in [2.24, 2.45) is 0 Å². The molecular formula is C11H18FN. The van der Waals surface area contributed by atoms with Crippen molar-refractivity contribution in [3.63, 3.8) is 0 Å². The molecule has 0 bridgehead atoms. The summed E-state index contributed by atoms with van der Waals surface area (Å²) in [6, 6.07) is 6.62. The van der Waals surface area contributed by atoms with Crippen molar-refractivity contribution in [2.45, 2.75) is 13.8 Å². The second kappa shape index (κ2) is 3.88. The van der Waals surface area contributed by atoms with Crippen LogP contribution in [-0.2, 0) is 0 Å². The Hall–Kier alpha value is -0.890. The second-order valence-corrected chi connectivity index (χ2v) is 4.30. The van der Waals surface area contributed by atoms with E-state index in [0.717, 1.165) is 4.48 Å². The van der Waals surface area contributed by atoms with Gasteiger partial charge in [-0.05, 0) is 19.9 Å². The predicted octanol–water partition coefficient (Wildman–Crippen LogP) is -0.496. The lowest BCUT2D eigenvalue weighted by atomic mass is 10.1. The van der Waals surface area contributed by atoms with Gasteiger partial charge in [-0.1, -0.05) is 17.7 Å². The Bertz CT molecular complexity index is 287. The molecule has 0 unspecified atom stereocenters. The number of hydrogen-bond donors (Lipinski definition) is 0. The van der Waals surface area contributed by atoms with E-state index in [1.807, 2.05) is 0 Å². The molecule has 0 saturated heterocycles. The number of aryl methyl sites for hydroxylation is 2. The van der Waals surface area contributed by atoms with Gasteiger partial charge >= 0.3 is 0 Å². The fraction of sp³-hybridized carbons (Fsp3) is 0.455. The number of quaternary nitrogens is 1. The number of benzene rings is 1. The molecule has 1 nitrogen and oxygen atoms in total. The first-order valence-corrected chi connectivity index (χ1v) is 4.30. The fourth-order valence-corrected chi connectivity index (χ4v) is 1.56. The molecule has 0 atom stereocenters. The Morgan fingerprint density at radius 1 is 1.00 bits per heavy atom. The summed E-state index contributed by atoms with van der Waals surface area (Å²) in [4.78, 5) is 0. The van der Waals surface area contributed by atoms with E-state index < -0.39 is 0 Å². The molecule has 0 spiro atoms. The van der Waals surface area contributed by atoms with E-state index in [4.69, 9.17) is 0 Å². The molecule has 1 aromatic carbocycles. The standard InChI is InChI=1S/C11H18N.FH/c1-9-6-7-11(10(2)8-9)12(3,4)5;/h6-8H,1-5H3;1H/q+1;/p-1. The minimum Gasteiger partial charge on any atom is -1.00 e. The van der Waals surface area contributed by atoms with E-state index in [0.29, 0.717) is 0 Å². The van der Waals surface area contributed by atoms with Crippen LogP contribution in [0.4, 0.5) is 5.69 Å². The molecule has 0 N–H and O–H groups in total. The second-order valence-electron chi connectivity index (χ2n) is 4.30. The molecule has 13 heavy (non-hydrogen) atoms. The number of halogens is 1. The third-order valence-electron chi connectivity index (χ3n) is 2.08. The van der Waals surface area contributed by atoms with Gasteiger partial charge in [-0.25, -0.2) is 0 Å². The van der Waals surface area contributed by atoms with Crippen LogP contribution in [0.25, 0.3) is 0 Å². The average molecular weight is 183 g/mol. The van der Waals surface area contributed by atoms with Crippen molar-refractivity contribution >= 4 is 5.69 Å². The molecule has 0 radical (unpaired) electrons. The number of hydrogen-bond acceptors (Lipinski definition) is 0. The Kier molecular flexibility index (Phi) is 3.61. The lowest BCUT2D eigenvalue weighted by Gasteiger charge is -2.25. The molecule has 0 aliphatic heterocycles. The molecule has 0 aliphatic carbocycles. The van der Waals surface area contributed by atoms with Crippen LogP contribution in [0.1, 0.15) is 11.1 Å². The zero-order valence-corrected chi connectivity index (χ0v) is 9.06. The van der Waals surface area contributed by atoms with E-state index in [-0.39, 0.29) is 4.70 Å². The summed E-state index contributed by atoms with van der Waals surface area (Å²) in [5.74, 6) is 0. The summed E-state index contributed by atoms with van der Waals surface area (Å²) in [5.41, 5.74) is 4.10. The quantitative estimate of drug-likeness (QED) is 0.515. The van der Waals surface area contributed by atoms with Gasteiger partial charge in [-0.2, -0.15) is 0 Å². The van der Waals surface area contributed by atoms with Gasteiger partial charge in [0.1, 0.15) is 5.69 Å². The smallest absolute Gasteiger partial charge is 0.135 e. The van der Waals surface area contributed by atoms with E-state index in [2.05, 4.69) is 53.2 Å². The maximum absolute atomic E-state index is 2.23. The highest BCUT2D eigenvalue weighted by Gasteiger charge is 2.14. The van der Waals surface area contributed by atoms with Crippen LogP contribution in [0.15, 0.2) is 18.2 Å². The van der Waals surface area contributed by atoms with Gasteiger partial charge < -0.3 is 4.70 Å². The molecule has 2 heteroatoms. The van der Waals surface area contributed by atoms with Gasteiger partial charge in [0.05, 0.1) is 21.1 Å². The van der Waals surface area contributed by atoms with Crippen LogP contribution >= 0.6 is 0 Å². The normalized spacial score (nSPS) is 10.8. The average Bonchev–Trinajstić information content (AvgIpc) is 1.83. The van der Waals surface area contributed by atoms with Crippen molar-refractivity contribution in [1.82, 2.24) is 4.48 Å². The van der Waals surface area contributed by atoms with Crippen LogP contribution in [0, 0.1) is 13.8 Å². The number of rotatable bonds is 1. The summed E-state index contributed by atoms with van der Waals surface area (Å²) in [7, 11) is 6.58. The zero-order chi connectivity index (χ0) is 9.35. The fourth-order valence-electron chi connectivity index (χ4n) is 1.56. The SMILES string of the molecule is Cc1ccc([N+](C)(C)C)c(C)c1.[F-]. The summed E-state index contributed by atoms with van der Waals surface area (Å²) in [6.45, 7) is 4.30. The summed E-state index contributed by atoms with van der Waals surface area (Å²) in [6.07, 6.45) is 0. The van der Waals surface area contributed by atoms with Crippen LogP contribution in [0.3, 0.4) is 0 Å². The van der Waals surface area contributed by atoms with Crippen molar-refractivity contribution in [1.29, 1.82) is 0 Å². The highest BCUT2D eigenvalue weighted by Crippen LogP contribution is 2.22. The molecule has 0 heterocycles. The Morgan fingerprint density at radius 3 is 1.92 bits per heavy atom. The van der Waals surface area contributed by atoms with Crippen LogP contribution in [-0.4, -0.2) is 21.1 Å². The molecule has 1 rings (SSSR count). The highest BCUT2D eigenvalue weighted by molar-refractivity contribution is 5.50. The molecule has 0 saturated carbocycles. The largest absolute Gasteiger partial charge is 1.00 e. The van der Waals surface area contributed by atoms with Crippen molar-refractivity contribution in [2.75, 3.05) is 21.1 Å². The maximum Gasteiger partial charge on any atom is 0.135 e. The predicted molar refractivity (Wildman–Crippen MR) is 55.5 cm³/mol. The minimum atomic E-state index is 0. The van der Waals surface area contributed by atoms with Gasteiger partial charge in [-0.15, -0.1) is 0 Å². The molecule has 0 amide bonds. The van der Waals surface area contributed by atoms with Crippen molar-refractivity contribution in [3.05, 3.63) is 29.3 Å². The van der Waals surface area contributed by atoms with Gasteiger partial charge in [0.2, 0.25) is 0 Å². The lowest BCUT2D eigenvalue weighted by molar-refractivity contribution is -0.00000296. The lowest BCUT2D eigenvalue weighted by Crippen LogP contribution is -3.00. The summed E-state index contributed by atoms with van der Waals surface area (Å²) in [5, 5.41) is 0. The Balaban J connectivity index is 0.00000144. The first-order chi connectivity index (χ1) is 5.41. The molecule has 0 aliphatic rings. The molecular weight excluding hydrogens is 165 g/mol.